The summed E-state index contributed by atoms with van der Waals surface area (Å²) in [5, 5.41) is 4.15. The molecule has 4 rings (SSSR count). The molecule has 3 aromatic heterocycles. The van der Waals surface area contributed by atoms with Gasteiger partial charge >= 0.3 is 0 Å². The summed E-state index contributed by atoms with van der Waals surface area (Å²) >= 11 is 1.24. The van der Waals surface area contributed by atoms with Crippen LogP contribution in [-0.4, -0.2) is 21.0 Å². The fourth-order valence-corrected chi connectivity index (χ4v) is 3.49. The van der Waals surface area contributed by atoms with E-state index in [1.165, 1.54) is 22.3 Å². The zero-order valence-electron chi connectivity index (χ0n) is 13.7. The molecule has 26 heavy (non-hydrogen) atoms. The Balaban J connectivity index is 1.78. The molecule has 6 nitrogen and oxygen atoms in total. The highest BCUT2D eigenvalue weighted by Crippen LogP contribution is 2.32. The van der Waals surface area contributed by atoms with E-state index in [0.29, 0.717) is 15.5 Å². The molecule has 3 heterocycles. The van der Waals surface area contributed by atoms with Crippen molar-refractivity contribution < 1.29 is 13.7 Å². The molecule has 130 valence electrons. The summed E-state index contributed by atoms with van der Waals surface area (Å²) < 4.78 is 19.8. The third-order valence-electron chi connectivity index (χ3n) is 3.74. The van der Waals surface area contributed by atoms with Crippen molar-refractivity contribution in [3.63, 3.8) is 0 Å². The molecule has 0 aliphatic carbocycles. The second kappa shape index (κ2) is 6.64. The number of pyridine rings is 1. The van der Waals surface area contributed by atoms with Crippen LogP contribution in [-0.2, 0) is 6.54 Å². The number of benzene rings is 1. The summed E-state index contributed by atoms with van der Waals surface area (Å²) in [4.78, 5) is 22.8. The van der Waals surface area contributed by atoms with Crippen molar-refractivity contribution in [2.45, 2.75) is 13.5 Å². The SMILES string of the molecule is Cc1cc(C(=O)N(Cc2cccnc2)c2nc3c(F)cccc3s2)on1. The van der Waals surface area contributed by atoms with Gasteiger partial charge in [-0.1, -0.05) is 28.6 Å². The van der Waals surface area contributed by atoms with E-state index >= 15 is 0 Å². The fraction of sp³-hybridized carbons (Fsp3) is 0.111. The molecule has 0 atom stereocenters. The molecule has 0 bridgehead atoms. The van der Waals surface area contributed by atoms with E-state index in [1.807, 2.05) is 6.07 Å². The molecular formula is C18H13FN4O2S. The number of carbonyl (C=O) groups is 1. The first-order valence-electron chi connectivity index (χ1n) is 7.81. The molecule has 0 fully saturated rings. The normalized spacial score (nSPS) is 11.0. The molecule has 0 N–H and O–H groups in total. The van der Waals surface area contributed by atoms with E-state index in [0.717, 1.165) is 5.56 Å². The molecule has 0 aliphatic heterocycles. The van der Waals surface area contributed by atoms with Crippen molar-refractivity contribution in [2.75, 3.05) is 4.90 Å². The number of thiazole rings is 1. The van der Waals surface area contributed by atoms with E-state index in [-0.39, 0.29) is 17.8 Å². The maximum atomic E-state index is 14.0. The lowest BCUT2D eigenvalue weighted by atomic mass is 10.2. The van der Waals surface area contributed by atoms with Crippen molar-refractivity contribution in [2.24, 2.45) is 0 Å². The van der Waals surface area contributed by atoms with Crippen LogP contribution in [0.15, 0.2) is 53.3 Å². The number of para-hydroxylation sites is 1. The van der Waals surface area contributed by atoms with Crippen LogP contribution in [0.5, 0.6) is 0 Å². The van der Waals surface area contributed by atoms with Crippen LogP contribution < -0.4 is 4.90 Å². The van der Waals surface area contributed by atoms with Crippen molar-refractivity contribution in [1.29, 1.82) is 0 Å². The zero-order valence-corrected chi connectivity index (χ0v) is 14.5. The van der Waals surface area contributed by atoms with Gasteiger partial charge in [-0.15, -0.1) is 0 Å². The van der Waals surface area contributed by atoms with E-state index in [9.17, 15) is 9.18 Å². The van der Waals surface area contributed by atoms with Gasteiger partial charge in [0.2, 0.25) is 5.76 Å². The maximum Gasteiger partial charge on any atom is 0.298 e. The Kier molecular flexibility index (Phi) is 4.18. The zero-order chi connectivity index (χ0) is 18.1. The minimum absolute atomic E-state index is 0.103. The Labute approximate surface area is 151 Å². The molecule has 0 aliphatic rings. The number of amides is 1. The van der Waals surface area contributed by atoms with E-state index in [4.69, 9.17) is 4.52 Å². The first-order valence-corrected chi connectivity index (χ1v) is 8.62. The second-order valence-corrected chi connectivity index (χ2v) is 6.68. The molecule has 0 saturated heterocycles. The van der Waals surface area contributed by atoms with Crippen molar-refractivity contribution in [3.05, 3.63) is 71.6 Å². The Morgan fingerprint density at radius 3 is 2.88 bits per heavy atom. The number of hydrogen-bond acceptors (Lipinski definition) is 6. The molecule has 0 spiro atoms. The summed E-state index contributed by atoms with van der Waals surface area (Å²) in [6.07, 6.45) is 3.32. The molecule has 4 aromatic rings. The van der Waals surface area contributed by atoms with Crippen LogP contribution in [0.25, 0.3) is 10.2 Å². The Bertz CT molecular complexity index is 1080. The summed E-state index contributed by atoms with van der Waals surface area (Å²) in [5.74, 6) is -0.714. The van der Waals surface area contributed by atoms with Gasteiger partial charge in [0.1, 0.15) is 11.3 Å². The Morgan fingerprint density at radius 2 is 2.19 bits per heavy atom. The lowest BCUT2D eigenvalue weighted by molar-refractivity contribution is 0.0949. The number of aryl methyl sites for hydroxylation is 1. The van der Waals surface area contributed by atoms with Crippen molar-refractivity contribution in [1.82, 2.24) is 15.1 Å². The van der Waals surface area contributed by atoms with Gasteiger partial charge in [-0.3, -0.25) is 14.7 Å². The standard InChI is InChI=1S/C18H13FN4O2S/c1-11-8-14(25-22-11)17(24)23(10-12-4-3-7-20-9-12)18-21-16-13(19)5-2-6-15(16)26-18/h2-9H,10H2,1H3. The summed E-state index contributed by atoms with van der Waals surface area (Å²) in [5.41, 5.74) is 1.66. The number of anilines is 1. The van der Waals surface area contributed by atoms with Gasteiger partial charge in [0.05, 0.1) is 16.9 Å². The monoisotopic (exact) mass is 368 g/mol. The number of rotatable bonds is 4. The second-order valence-electron chi connectivity index (χ2n) is 5.67. The van der Waals surface area contributed by atoms with Crippen LogP contribution in [0.4, 0.5) is 9.52 Å². The average molecular weight is 368 g/mol. The van der Waals surface area contributed by atoms with Crippen LogP contribution in [0.1, 0.15) is 21.8 Å². The minimum Gasteiger partial charge on any atom is -0.351 e. The average Bonchev–Trinajstić information content (AvgIpc) is 3.27. The summed E-state index contributed by atoms with van der Waals surface area (Å²) in [6, 6.07) is 9.93. The van der Waals surface area contributed by atoms with Gasteiger partial charge < -0.3 is 4.52 Å². The fourth-order valence-electron chi connectivity index (χ4n) is 2.52. The van der Waals surface area contributed by atoms with Gasteiger partial charge in [-0.25, -0.2) is 9.37 Å². The van der Waals surface area contributed by atoms with Gasteiger partial charge in [-0.2, -0.15) is 0 Å². The molecule has 0 unspecified atom stereocenters. The van der Waals surface area contributed by atoms with E-state index < -0.39 is 11.7 Å². The van der Waals surface area contributed by atoms with E-state index in [2.05, 4.69) is 15.1 Å². The van der Waals surface area contributed by atoms with Crippen LogP contribution in [0.2, 0.25) is 0 Å². The highest BCUT2D eigenvalue weighted by atomic mass is 32.1. The third kappa shape index (κ3) is 3.06. The lowest BCUT2D eigenvalue weighted by Gasteiger charge is -2.18. The topological polar surface area (TPSA) is 72.1 Å². The number of halogens is 1. The van der Waals surface area contributed by atoms with Crippen molar-refractivity contribution >= 4 is 32.6 Å². The number of fused-ring (bicyclic) bond motifs is 1. The largest absolute Gasteiger partial charge is 0.351 e. The van der Waals surface area contributed by atoms with Gasteiger partial charge in [0, 0.05) is 18.5 Å². The Hall–Kier alpha value is -3.13. The minimum atomic E-state index is -0.422. The highest BCUT2D eigenvalue weighted by molar-refractivity contribution is 7.22. The van der Waals surface area contributed by atoms with Gasteiger partial charge in [0.15, 0.2) is 5.13 Å². The Morgan fingerprint density at radius 1 is 1.31 bits per heavy atom. The summed E-state index contributed by atoms with van der Waals surface area (Å²) in [6.45, 7) is 1.96. The van der Waals surface area contributed by atoms with E-state index in [1.54, 1.807) is 43.6 Å². The number of aromatic nitrogens is 3. The predicted octanol–water partition coefficient (Wildman–Crippen LogP) is 3.97. The molecule has 1 aromatic carbocycles. The van der Waals surface area contributed by atoms with Crippen LogP contribution >= 0.6 is 11.3 Å². The number of nitrogens with zero attached hydrogens (tertiary/aromatic N) is 4. The predicted molar refractivity (Wildman–Crippen MR) is 95.6 cm³/mol. The molecule has 0 saturated carbocycles. The summed E-state index contributed by atoms with van der Waals surface area (Å²) in [7, 11) is 0. The molecular weight excluding hydrogens is 355 g/mol. The van der Waals surface area contributed by atoms with Gasteiger partial charge in [0.25, 0.3) is 5.91 Å². The first kappa shape index (κ1) is 16.3. The maximum absolute atomic E-state index is 14.0. The van der Waals surface area contributed by atoms with Crippen LogP contribution in [0.3, 0.4) is 0 Å². The van der Waals surface area contributed by atoms with Gasteiger partial charge in [-0.05, 0) is 30.7 Å². The third-order valence-corrected chi connectivity index (χ3v) is 4.78. The molecule has 8 heteroatoms. The quantitative estimate of drug-likeness (QED) is 0.545. The molecule has 0 radical (unpaired) electrons. The lowest BCUT2D eigenvalue weighted by Crippen LogP contribution is -2.30. The number of hydrogen-bond donors (Lipinski definition) is 0. The van der Waals surface area contributed by atoms with Crippen LogP contribution in [0, 0.1) is 12.7 Å². The molecule has 1 amide bonds. The smallest absolute Gasteiger partial charge is 0.298 e. The van der Waals surface area contributed by atoms with Crippen molar-refractivity contribution in [3.8, 4) is 0 Å². The number of carbonyl (C=O) groups excluding carboxylic acids is 1. The highest BCUT2D eigenvalue weighted by Gasteiger charge is 2.25. The first-order chi connectivity index (χ1) is 12.6.